The van der Waals surface area contributed by atoms with Crippen molar-refractivity contribution in [2.75, 3.05) is 19.7 Å². The summed E-state index contributed by atoms with van der Waals surface area (Å²) in [5.41, 5.74) is 2.52. The normalized spacial score (nSPS) is 20.8. The van der Waals surface area contributed by atoms with Gasteiger partial charge in [-0.3, -0.25) is 0 Å². The minimum Gasteiger partial charge on any atom is -0.444 e. The number of amides is 1. The molecule has 42 heavy (non-hydrogen) atoms. The molecule has 2 aliphatic heterocycles. The first-order valence-corrected chi connectivity index (χ1v) is 15.0. The molecule has 3 aliphatic rings. The molecular weight excluding hydrogens is 532 g/mol. The average molecular weight is 573 g/mol. The fraction of sp³-hybridized carbons (Fsp3) is 0.545. The van der Waals surface area contributed by atoms with Crippen LogP contribution in [0.15, 0.2) is 47.2 Å². The van der Waals surface area contributed by atoms with Gasteiger partial charge in [-0.15, -0.1) is 0 Å². The van der Waals surface area contributed by atoms with Crippen molar-refractivity contribution < 1.29 is 23.5 Å². The standard InChI is InChI=1S/C33H40N4O5/c1-23(40-29-7-5-6-16-39-29)30-34-14-15-36(30)20-27-17-28(42-35-27)26-12-10-24(11-13-26)8-9-25-18-33(19-25)21-37(22-33)31(38)41-32(2,3)4/h10-15,17,23,25,29H,5-7,16,18-22H2,1-4H3/t23-,29?/m0/s1. The van der Waals surface area contributed by atoms with Crippen molar-refractivity contribution in [2.24, 2.45) is 11.3 Å². The molecule has 222 valence electrons. The molecule has 9 nitrogen and oxygen atoms in total. The van der Waals surface area contributed by atoms with Gasteiger partial charge in [0.25, 0.3) is 0 Å². The number of aromatic nitrogens is 3. The quantitative estimate of drug-likeness (QED) is 0.325. The zero-order valence-corrected chi connectivity index (χ0v) is 25.0. The van der Waals surface area contributed by atoms with E-state index in [0.717, 1.165) is 74.4 Å². The Bertz CT molecular complexity index is 1440. The second-order valence-corrected chi connectivity index (χ2v) is 13.0. The topological polar surface area (TPSA) is 91.9 Å². The summed E-state index contributed by atoms with van der Waals surface area (Å²) in [6.07, 6.45) is 8.36. The fourth-order valence-electron chi connectivity index (χ4n) is 6.08. The maximum absolute atomic E-state index is 12.2. The summed E-state index contributed by atoms with van der Waals surface area (Å²) in [6.45, 7) is 10.5. The third-order valence-electron chi connectivity index (χ3n) is 8.15. The van der Waals surface area contributed by atoms with Crippen LogP contribution in [-0.4, -0.2) is 57.3 Å². The predicted octanol–water partition coefficient (Wildman–Crippen LogP) is 6.19. The molecule has 3 fully saturated rings. The summed E-state index contributed by atoms with van der Waals surface area (Å²) in [4.78, 5) is 18.5. The largest absolute Gasteiger partial charge is 0.444 e. The number of imidazole rings is 1. The van der Waals surface area contributed by atoms with Gasteiger partial charge < -0.3 is 28.2 Å². The Labute approximate surface area is 247 Å². The lowest BCUT2D eigenvalue weighted by molar-refractivity contribution is -0.188. The molecule has 3 aromatic rings. The van der Waals surface area contributed by atoms with E-state index in [-0.39, 0.29) is 23.9 Å². The summed E-state index contributed by atoms with van der Waals surface area (Å²) >= 11 is 0. The minimum absolute atomic E-state index is 0.171. The van der Waals surface area contributed by atoms with Gasteiger partial charge in [0.1, 0.15) is 23.2 Å². The van der Waals surface area contributed by atoms with Gasteiger partial charge in [-0.25, -0.2) is 9.78 Å². The second-order valence-electron chi connectivity index (χ2n) is 13.0. The summed E-state index contributed by atoms with van der Waals surface area (Å²) in [6, 6.07) is 10.0. The molecule has 1 saturated carbocycles. The maximum atomic E-state index is 12.2. The first-order chi connectivity index (χ1) is 20.1. The summed E-state index contributed by atoms with van der Waals surface area (Å²) in [5.74, 6) is 8.67. The molecular formula is C33H40N4O5. The maximum Gasteiger partial charge on any atom is 0.410 e. The smallest absolute Gasteiger partial charge is 0.410 e. The van der Waals surface area contributed by atoms with Crippen LogP contribution >= 0.6 is 0 Å². The van der Waals surface area contributed by atoms with E-state index in [0.29, 0.717) is 18.2 Å². The summed E-state index contributed by atoms with van der Waals surface area (Å²) in [7, 11) is 0. The highest BCUT2D eigenvalue weighted by molar-refractivity contribution is 5.69. The van der Waals surface area contributed by atoms with Crippen LogP contribution in [0.4, 0.5) is 4.79 Å². The molecule has 4 heterocycles. The van der Waals surface area contributed by atoms with Gasteiger partial charge in [-0.2, -0.15) is 0 Å². The van der Waals surface area contributed by atoms with Gasteiger partial charge in [-0.05, 0) is 84.1 Å². The highest BCUT2D eigenvalue weighted by Gasteiger charge is 2.54. The van der Waals surface area contributed by atoms with Crippen molar-refractivity contribution in [3.05, 3.63) is 59.8 Å². The van der Waals surface area contributed by atoms with Crippen LogP contribution in [0, 0.1) is 23.2 Å². The van der Waals surface area contributed by atoms with Crippen molar-refractivity contribution in [1.29, 1.82) is 0 Å². The second kappa shape index (κ2) is 11.6. The number of hydrogen-bond donors (Lipinski definition) is 0. The molecule has 2 aromatic heterocycles. The number of nitrogens with zero attached hydrogens (tertiary/aromatic N) is 4. The van der Waals surface area contributed by atoms with E-state index in [1.54, 1.807) is 11.1 Å². The van der Waals surface area contributed by atoms with E-state index in [2.05, 4.69) is 22.0 Å². The van der Waals surface area contributed by atoms with Crippen LogP contribution in [0.25, 0.3) is 11.3 Å². The van der Waals surface area contributed by atoms with Crippen molar-refractivity contribution in [1.82, 2.24) is 19.6 Å². The van der Waals surface area contributed by atoms with Gasteiger partial charge in [0, 0.05) is 60.6 Å². The van der Waals surface area contributed by atoms with Crippen LogP contribution in [0.5, 0.6) is 0 Å². The Kier molecular flexibility index (Phi) is 7.86. The first kappa shape index (κ1) is 28.5. The van der Waals surface area contributed by atoms with Crippen molar-refractivity contribution in [3.63, 3.8) is 0 Å². The van der Waals surface area contributed by atoms with Crippen LogP contribution in [0.1, 0.15) is 83.0 Å². The molecule has 0 radical (unpaired) electrons. The number of benzene rings is 1. The predicted molar refractivity (Wildman–Crippen MR) is 156 cm³/mol. The monoisotopic (exact) mass is 572 g/mol. The zero-order valence-electron chi connectivity index (χ0n) is 25.0. The number of carbonyl (C=O) groups excluding carboxylic acids is 1. The highest BCUT2D eigenvalue weighted by Crippen LogP contribution is 2.51. The van der Waals surface area contributed by atoms with Crippen LogP contribution < -0.4 is 0 Å². The molecule has 1 aliphatic carbocycles. The zero-order chi connectivity index (χ0) is 29.3. The lowest BCUT2D eigenvalue weighted by Gasteiger charge is -2.57. The Morgan fingerprint density at radius 1 is 1.19 bits per heavy atom. The highest BCUT2D eigenvalue weighted by atomic mass is 16.7. The van der Waals surface area contributed by atoms with E-state index in [9.17, 15) is 4.79 Å². The lowest BCUT2D eigenvalue weighted by atomic mass is 9.58. The molecule has 1 spiro atoms. The number of carbonyl (C=O) groups is 1. The Hall–Kier alpha value is -3.61. The molecule has 1 unspecified atom stereocenters. The van der Waals surface area contributed by atoms with Gasteiger partial charge >= 0.3 is 6.09 Å². The third kappa shape index (κ3) is 6.55. The molecule has 1 amide bonds. The Morgan fingerprint density at radius 2 is 1.98 bits per heavy atom. The van der Waals surface area contributed by atoms with Crippen LogP contribution in [-0.2, 0) is 20.8 Å². The number of ether oxygens (including phenoxy) is 3. The molecule has 6 rings (SSSR count). The number of hydrogen-bond acceptors (Lipinski definition) is 7. The Morgan fingerprint density at radius 3 is 2.69 bits per heavy atom. The minimum atomic E-state index is -0.456. The molecule has 0 bridgehead atoms. The van der Waals surface area contributed by atoms with E-state index in [1.807, 2.05) is 68.8 Å². The van der Waals surface area contributed by atoms with Gasteiger partial charge in [0.15, 0.2) is 12.1 Å². The summed E-state index contributed by atoms with van der Waals surface area (Å²) in [5, 5.41) is 4.30. The van der Waals surface area contributed by atoms with Gasteiger partial charge in [0.05, 0.1) is 6.54 Å². The van der Waals surface area contributed by atoms with Crippen molar-refractivity contribution in [2.45, 2.75) is 84.3 Å². The molecule has 1 aromatic carbocycles. The first-order valence-electron chi connectivity index (χ1n) is 15.0. The SMILES string of the molecule is C[C@H](OC1CCCCO1)c1nccn1Cc1cc(-c2ccc(C#CC3CC4(C3)CN(C(=O)OC(C)(C)C)C4)cc2)on1. The van der Waals surface area contributed by atoms with E-state index >= 15 is 0 Å². The summed E-state index contributed by atoms with van der Waals surface area (Å²) < 4.78 is 25.0. The van der Waals surface area contributed by atoms with Gasteiger partial charge in [0.2, 0.25) is 0 Å². The van der Waals surface area contributed by atoms with Gasteiger partial charge in [-0.1, -0.05) is 17.0 Å². The third-order valence-corrected chi connectivity index (χ3v) is 8.15. The van der Waals surface area contributed by atoms with E-state index < -0.39 is 5.60 Å². The van der Waals surface area contributed by atoms with Crippen molar-refractivity contribution in [3.8, 4) is 23.2 Å². The molecule has 0 N–H and O–H groups in total. The van der Waals surface area contributed by atoms with Crippen LogP contribution in [0.2, 0.25) is 0 Å². The van der Waals surface area contributed by atoms with Crippen LogP contribution in [0.3, 0.4) is 0 Å². The lowest BCUT2D eigenvalue weighted by Crippen LogP contribution is -2.64. The Balaban J connectivity index is 0.992. The number of likely N-dealkylation sites (tertiary alicyclic amines) is 1. The molecule has 2 saturated heterocycles. The number of rotatable bonds is 6. The molecule has 9 heteroatoms. The van der Waals surface area contributed by atoms with E-state index in [1.165, 1.54) is 0 Å². The molecule has 2 atom stereocenters. The van der Waals surface area contributed by atoms with Crippen molar-refractivity contribution >= 4 is 6.09 Å². The average Bonchev–Trinajstić information content (AvgIpc) is 3.57. The van der Waals surface area contributed by atoms with E-state index in [4.69, 9.17) is 18.7 Å². The fourth-order valence-corrected chi connectivity index (χ4v) is 6.08.